The number of anilines is 1. The Bertz CT molecular complexity index is 599. The van der Waals surface area contributed by atoms with Crippen molar-refractivity contribution in [3.8, 4) is 0 Å². The SMILES string of the molecule is CN(Cc1ccc(F)cc1)C(=S)Nc1ccccc1F. The zero-order valence-corrected chi connectivity index (χ0v) is 11.8. The van der Waals surface area contributed by atoms with E-state index in [0.717, 1.165) is 5.56 Å². The Morgan fingerprint density at radius 3 is 2.40 bits per heavy atom. The standard InChI is InChI=1S/C15H14F2N2S/c1-19(10-11-6-8-12(16)9-7-11)15(20)18-14-5-3-2-4-13(14)17/h2-9H,10H2,1H3,(H,18,20). The Morgan fingerprint density at radius 2 is 1.75 bits per heavy atom. The van der Waals surface area contributed by atoms with Crippen LogP contribution in [0, 0.1) is 11.6 Å². The summed E-state index contributed by atoms with van der Waals surface area (Å²) in [6.07, 6.45) is 0. The minimum Gasteiger partial charge on any atom is -0.348 e. The topological polar surface area (TPSA) is 15.3 Å². The summed E-state index contributed by atoms with van der Waals surface area (Å²) in [6.45, 7) is 0.514. The van der Waals surface area contributed by atoms with Gasteiger partial charge in [-0.3, -0.25) is 0 Å². The normalized spacial score (nSPS) is 10.2. The van der Waals surface area contributed by atoms with Crippen LogP contribution in [0.5, 0.6) is 0 Å². The fourth-order valence-electron chi connectivity index (χ4n) is 1.71. The van der Waals surface area contributed by atoms with Gasteiger partial charge in [-0.2, -0.15) is 0 Å². The quantitative estimate of drug-likeness (QED) is 0.866. The number of hydrogen-bond acceptors (Lipinski definition) is 1. The number of halogens is 2. The first-order valence-corrected chi connectivity index (χ1v) is 6.48. The molecule has 2 aromatic carbocycles. The van der Waals surface area contributed by atoms with E-state index < -0.39 is 0 Å². The van der Waals surface area contributed by atoms with Crippen LogP contribution in [0.15, 0.2) is 48.5 Å². The van der Waals surface area contributed by atoms with Crippen molar-refractivity contribution in [3.05, 3.63) is 65.7 Å². The van der Waals surface area contributed by atoms with E-state index in [0.29, 0.717) is 17.3 Å². The molecule has 1 N–H and O–H groups in total. The van der Waals surface area contributed by atoms with Crippen molar-refractivity contribution >= 4 is 23.0 Å². The van der Waals surface area contributed by atoms with Gasteiger partial charge in [-0.1, -0.05) is 24.3 Å². The minimum absolute atomic E-state index is 0.275. The third-order valence-electron chi connectivity index (χ3n) is 2.80. The van der Waals surface area contributed by atoms with Crippen LogP contribution in [0.25, 0.3) is 0 Å². The Hall–Kier alpha value is -2.01. The lowest BCUT2D eigenvalue weighted by Crippen LogP contribution is -2.30. The Labute approximate surface area is 122 Å². The van der Waals surface area contributed by atoms with Crippen molar-refractivity contribution in [1.82, 2.24) is 4.90 Å². The van der Waals surface area contributed by atoms with Crippen LogP contribution >= 0.6 is 12.2 Å². The van der Waals surface area contributed by atoms with Gasteiger partial charge in [0.05, 0.1) is 5.69 Å². The highest BCUT2D eigenvalue weighted by Crippen LogP contribution is 2.14. The van der Waals surface area contributed by atoms with Gasteiger partial charge in [0, 0.05) is 13.6 Å². The molecule has 0 saturated carbocycles. The molecule has 0 atom stereocenters. The summed E-state index contributed by atoms with van der Waals surface area (Å²) in [7, 11) is 1.79. The molecule has 2 nitrogen and oxygen atoms in total. The van der Waals surface area contributed by atoms with Gasteiger partial charge in [-0.05, 0) is 42.0 Å². The summed E-state index contributed by atoms with van der Waals surface area (Å²) in [4.78, 5) is 1.76. The van der Waals surface area contributed by atoms with Gasteiger partial charge in [-0.15, -0.1) is 0 Å². The number of thiocarbonyl (C=S) groups is 1. The molecule has 0 radical (unpaired) electrons. The lowest BCUT2D eigenvalue weighted by molar-refractivity contribution is 0.507. The predicted molar refractivity (Wildman–Crippen MR) is 80.5 cm³/mol. The maximum Gasteiger partial charge on any atom is 0.173 e. The molecule has 0 aromatic heterocycles. The van der Waals surface area contributed by atoms with Crippen LogP contribution in [0.3, 0.4) is 0 Å². The van der Waals surface area contributed by atoms with Gasteiger partial charge < -0.3 is 10.2 Å². The molecule has 0 fully saturated rings. The molecular weight excluding hydrogens is 278 g/mol. The van der Waals surface area contributed by atoms with Crippen molar-refractivity contribution in [2.24, 2.45) is 0 Å². The second-order valence-electron chi connectivity index (χ2n) is 4.39. The average Bonchev–Trinajstić information content (AvgIpc) is 2.44. The highest BCUT2D eigenvalue weighted by atomic mass is 32.1. The number of hydrogen-bond donors (Lipinski definition) is 1. The summed E-state index contributed by atoms with van der Waals surface area (Å²) >= 11 is 5.22. The first-order chi connectivity index (χ1) is 9.56. The first kappa shape index (κ1) is 14.4. The van der Waals surface area contributed by atoms with Crippen molar-refractivity contribution in [2.75, 3.05) is 12.4 Å². The maximum absolute atomic E-state index is 13.5. The Kier molecular flexibility index (Phi) is 4.63. The van der Waals surface area contributed by atoms with Crippen LogP contribution < -0.4 is 5.32 Å². The van der Waals surface area contributed by atoms with Crippen LogP contribution in [-0.4, -0.2) is 17.1 Å². The smallest absolute Gasteiger partial charge is 0.173 e. The van der Waals surface area contributed by atoms with Gasteiger partial charge >= 0.3 is 0 Å². The van der Waals surface area contributed by atoms with Crippen molar-refractivity contribution in [2.45, 2.75) is 6.54 Å². The third-order valence-corrected chi connectivity index (χ3v) is 3.21. The highest BCUT2D eigenvalue weighted by molar-refractivity contribution is 7.80. The summed E-state index contributed by atoms with van der Waals surface area (Å²) in [5.74, 6) is -0.631. The number of rotatable bonds is 3. The second kappa shape index (κ2) is 6.43. The highest BCUT2D eigenvalue weighted by Gasteiger charge is 2.08. The van der Waals surface area contributed by atoms with Crippen LogP contribution in [0.2, 0.25) is 0 Å². The number of nitrogens with one attached hydrogen (secondary N) is 1. The zero-order valence-electron chi connectivity index (χ0n) is 10.9. The molecule has 5 heteroatoms. The van der Waals surface area contributed by atoms with Crippen molar-refractivity contribution in [1.29, 1.82) is 0 Å². The Balaban J connectivity index is 1.99. The fraction of sp³-hybridized carbons (Fsp3) is 0.133. The van der Waals surface area contributed by atoms with Gasteiger partial charge in [0.15, 0.2) is 5.11 Å². The predicted octanol–water partition coefficient (Wildman–Crippen LogP) is 3.79. The molecule has 2 rings (SSSR count). The number of benzene rings is 2. The van der Waals surface area contributed by atoms with E-state index in [4.69, 9.17) is 12.2 Å². The van der Waals surface area contributed by atoms with E-state index >= 15 is 0 Å². The van der Waals surface area contributed by atoms with E-state index in [9.17, 15) is 8.78 Å². The van der Waals surface area contributed by atoms with E-state index in [2.05, 4.69) is 5.32 Å². The summed E-state index contributed by atoms with van der Waals surface area (Å²) in [5.41, 5.74) is 1.26. The molecule has 0 heterocycles. The van der Waals surface area contributed by atoms with Gasteiger partial charge in [0.1, 0.15) is 11.6 Å². The molecule has 20 heavy (non-hydrogen) atoms. The van der Waals surface area contributed by atoms with E-state index in [1.54, 1.807) is 42.3 Å². The molecule has 0 spiro atoms. The van der Waals surface area contributed by atoms with Crippen LogP contribution in [0.1, 0.15) is 5.56 Å². The molecule has 0 saturated heterocycles. The molecule has 0 aliphatic heterocycles. The molecule has 104 valence electrons. The largest absolute Gasteiger partial charge is 0.348 e. The lowest BCUT2D eigenvalue weighted by Gasteiger charge is -2.21. The first-order valence-electron chi connectivity index (χ1n) is 6.07. The van der Waals surface area contributed by atoms with Gasteiger partial charge in [0.2, 0.25) is 0 Å². The van der Waals surface area contributed by atoms with Crippen molar-refractivity contribution < 1.29 is 8.78 Å². The second-order valence-corrected chi connectivity index (χ2v) is 4.78. The summed E-state index contributed by atoms with van der Waals surface area (Å²) < 4.78 is 26.3. The van der Waals surface area contributed by atoms with Crippen LogP contribution in [0.4, 0.5) is 14.5 Å². The minimum atomic E-state index is -0.356. The monoisotopic (exact) mass is 292 g/mol. The fourth-order valence-corrected chi connectivity index (χ4v) is 1.88. The molecular formula is C15H14F2N2S. The molecule has 0 aliphatic carbocycles. The molecule has 0 aliphatic rings. The van der Waals surface area contributed by atoms with Crippen molar-refractivity contribution in [3.63, 3.8) is 0 Å². The lowest BCUT2D eigenvalue weighted by atomic mass is 10.2. The van der Waals surface area contributed by atoms with E-state index in [1.807, 2.05) is 0 Å². The summed E-state index contributed by atoms with van der Waals surface area (Å²) in [6, 6.07) is 12.5. The zero-order chi connectivity index (χ0) is 14.5. The molecule has 0 unspecified atom stereocenters. The molecule has 2 aromatic rings. The van der Waals surface area contributed by atoms with E-state index in [1.165, 1.54) is 18.2 Å². The van der Waals surface area contributed by atoms with Gasteiger partial charge in [-0.25, -0.2) is 8.78 Å². The van der Waals surface area contributed by atoms with Gasteiger partial charge in [0.25, 0.3) is 0 Å². The average molecular weight is 292 g/mol. The van der Waals surface area contributed by atoms with Crippen LogP contribution in [-0.2, 0) is 6.54 Å². The third kappa shape index (κ3) is 3.74. The van der Waals surface area contributed by atoms with E-state index in [-0.39, 0.29) is 11.6 Å². The number of nitrogens with zero attached hydrogens (tertiary/aromatic N) is 1. The number of para-hydroxylation sites is 1. The Morgan fingerprint density at radius 1 is 1.10 bits per heavy atom. The maximum atomic E-state index is 13.5. The summed E-state index contributed by atoms with van der Waals surface area (Å²) in [5, 5.41) is 3.25. The molecule has 0 bridgehead atoms. The molecule has 0 amide bonds.